The fraction of sp³-hybridized carbons (Fsp3) is 0.364. The topological polar surface area (TPSA) is 29.4 Å². The van der Waals surface area contributed by atoms with Crippen LogP contribution >= 0.6 is 23.1 Å². The Kier molecular flexibility index (Phi) is 2.83. The van der Waals surface area contributed by atoms with Gasteiger partial charge in [-0.3, -0.25) is 4.79 Å². The van der Waals surface area contributed by atoms with Gasteiger partial charge < -0.3 is 0 Å². The summed E-state index contributed by atoms with van der Waals surface area (Å²) in [6, 6.07) is 2.09. The van der Waals surface area contributed by atoms with Crippen molar-refractivity contribution in [3.8, 4) is 0 Å². The van der Waals surface area contributed by atoms with Gasteiger partial charge in [0, 0.05) is 0 Å². The van der Waals surface area contributed by atoms with Gasteiger partial charge in [0.05, 0.1) is 4.21 Å². The largest absolute Gasteiger partial charge is 0.270 e. The summed E-state index contributed by atoms with van der Waals surface area (Å²) in [6.07, 6.45) is 2.43. The van der Waals surface area contributed by atoms with Crippen LogP contribution in [0.4, 0.5) is 0 Å². The van der Waals surface area contributed by atoms with Crippen LogP contribution < -0.4 is 0 Å². The number of thioether (sulfide) groups is 1. The van der Waals surface area contributed by atoms with Gasteiger partial charge in [0.2, 0.25) is 0 Å². The number of rotatable bonds is 1. The van der Waals surface area contributed by atoms with Crippen molar-refractivity contribution in [3.05, 3.63) is 23.1 Å². The summed E-state index contributed by atoms with van der Waals surface area (Å²) in [5.41, 5.74) is 1.27. The number of amides is 1. The summed E-state index contributed by atoms with van der Waals surface area (Å²) in [6.45, 7) is 3.76. The number of aliphatic imine (C=N–C) groups is 1. The van der Waals surface area contributed by atoms with Gasteiger partial charge in [-0.25, -0.2) is 0 Å². The van der Waals surface area contributed by atoms with Gasteiger partial charge in [-0.2, -0.15) is 4.99 Å². The highest BCUT2D eigenvalue weighted by atomic mass is 32.2. The van der Waals surface area contributed by atoms with Gasteiger partial charge in [-0.15, -0.1) is 11.3 Å². The summed E-state index contributed by atoms with van der Waals surface area (Å²) in [7, 11) is 0. The van der Waals surface area contributed by atoms with Gasteiger partial charge in [0.15, 0.2) is 0 Å². The van der Waals surface area contributed by atoms with Crippen LogP contribution in [0.3, 0.4) is 0 Å². The second-order valence-electron chi connectivity index (χ2n) is 3.58. The van der Waals surface area contributed by atoms with E-state index in [4.69, 9.17) is 0 Å². The zero-order valence-electron chi connectivity index (χ0n) is 8.61. The van der Waals surface area contributed by atoms with Crippen molar-refractivity contribution in [1.82, 2.24) is 0 Å². The molecular formula is C11H11NOS2. The minimum absolute atomic E-state index is 0.0889. The van der Waals surface area contributed by atoms with Gasteiger partial charge >= 0.3 is 0 Å². The lowest BCUT2D eigenvalue weighted by molar-refractivity contribution is -0.119. The van der Waals surface area contributed by atoms with E-state index in [9.17, 15) is 4.79 Å². The molecule has 0 spiro atoms. The minimum atomic E-state index is -0.418. The zero-order valence-corrected chi connectivity index (χ0v) is 10.2. The third kappa shape index (κ3) is 1.93. The molecule has 0 saturated carbocycles. The molecule has 2 nitrogen and oxygen atoms in total. The Balaban J connectivity index is 2.22. The van der Waals surface area contributed by atoms with Crippen LogP contribution in [0.5, 0.6) is 0 Å². The lowest BCUT2D eigenvalue weighted by Gasteiger charge is -2.16. The predicted octanol–water partition coefficient (Wildman–Crippen LogP) is 2.93. The fourth-order valence-corrected chi connectivity index (χ4v) is 4.11. The molecule has 0 aliphatic carbocycles. The van der Waals surface area contributed by atoms with E-state index in [1.54, 1.807) is 36.1 Å². The van der Waals surface area contributed by atoms with Crippen molar-refractivity contribution in [2.75, 3.05) is 0 Å². The Bertz CT molecular complexity index is 434. The number of hydrogen-bond donors (Lipinski definition) is 0. The first-order chi connectivity index (χ1) is 7.15. The molecule has 2 heterocycles. The van der Waals surface area contributed by atoms with Crippen molar-refractivity contribution < 1.29 is 4.79 Å². The second kappa shape index (κ2) is 3.97. The molecule has 0 bridgehead atoms. The van der Waals surface area contributed by atoms with Crippen LogP contribution in [-0.2, 0) is 11.2 Å². The van der Waals surface area contributed by atoms with Gasteiger partial charge in [-0.05, 0) is 49.2 Å². The molecular weight excluding hydrogens is 226 g/mol. The van der Waals surface area contributed by atoms with E-state index in [0.29, 0.717) is 0 Å². The van der Waals surface area contributed by atoms with Crippen LogP contribution in [-0.4, -0.2) is 16.5 Å². The van der Waals surface area contributed by atoms with Crippen molar-refractivity contribution >= 4 is 34.9 Å². The molecule has 78 valence electrons. The van der Waals surface area contributed by atoms with Gasteiger partial charge in [0.25, 0.3) is 5.91 Å². The normalized spacial score (nSPS) is 23.1. The Morgan fingerprint density at radius 3 is 3.20 bits per heavy atom. The van der Waals surface area contributed by atoms with Gasteiger partial charge in [0.1, 0.15) is 4.75 Å². The van der Waals surface area contributed by atoms with E-state index in [1.807, 2.05) is 6.92 Å². The number of thiophene rings is 1. The average molecular weight is 237 g/mol. The van der Waals surface area contributed by atoms with Crippen LogP contribution in [0.25, 0.3) is 0 Å². The highest BCUT2D eigenvalue weighted by Crippen LogP contribution is 2.48. The SMILES string of the molecule is CC=C=NC(=O)C1(C)Cc2ccsc2S1. The molecule has 0 radical (unpaired) electrons. The smallest absolute Gasteiger partial charge is 0.270 e. The molecule has 1 aliphatic heterocycles. The molecule has 1 aromatic rings. The Labute approximate surface area is 97.1 Å². The molecule has 2 rings (SSSR count). The van der Waals surface area contributed by atoms with E-state index in [0.717, 1.165) is 6.42 Å². The second-order valence-corrected chi connectivity index (χ2v) is 6.27. The lowest BCUT2D eigenvalue weighted by Crippen LogP contribution is -2.29. The van der Waals surface area contributed by atoms with Crippen molar-refractivity contribution in [3.63, 3.8) is 0 Å². The molecule has 1 unspecified atom stereocenters. The standard InChI is InChI=1S/C11H11NOS2/c1-3-5-12-10(13)11(2)7-8-4-6-14-9(8)15-11/h3-4,6H,7H2,1-2H3. The summed E-state index contributed by atoms with van der Waals surface area (Å²) >= 11 is 3.32. The number of fused-ring (bicyclic) bond motifs is 1. The summed E-state index contributed by atoms with van der Waals surface area (Å²) in [5.74, 6) is 2.52. The molecule has 1 amide bonds. The van der Waals surface area contributed by atoms with Crippen molar-refractivity contribution in [2.45, 2.75) is 29.2 Å². The van der Waals surface area contributed by atoms with Crippen LogP contribution in [0.1, 0.15) is 19.4 Å². The Morgan fingerprint density at radius 2 is 2.53 bits per heavy atom. The summed E-state index contributed by atoms with van der Waals surface area (Å²) < 4.78 is 0.833. The molecule has 0 N–H and O–H groups in total. The number of allylic oxidation sites excluding steroid dienone is 1. The first-order valence-corrected chi connectivity index (χ1v) is 6.39. The summed E-state index contributed by atoms with van der Waals surface area (Å²) in [5, 5.41) is 2.07. The zero-order chi connectivity index (χ0) is 10.9. The fourth-order valence-electron chi connectivity index (χ4n) is 1.51. The quantitative estimate of drug-likeness (QED) is 0.703. The van der Waals surface area contributed by atoms with E-state index in [1.165, 1.54) is 9.77 Å². The minimum Gasteiger partial charge on any atom is -0.270 e. The number of hydrogen-bond acceptors (Lipinski definition) is 3. The maximum absolute atomic E-state index is 11.8. The first kappa shape index (κ1) is 10.7. The molecule has 0 fully saturated rings. The third-order valence-electron chi connectivity index (χ3n) is 2.30. The summed E-state index contributed by atoms with van der Waals surface area (Å²) in [4.78, 5) is 15.6. The molecule has 1 aromatic heterocycles. The third-order valence-corrected chi connectivity index (χ3v) is 4.80. The monoisotopic (exact) mass is 237 g/mol. The highest BCUT2D eigenvalue weighted by Gasteiger charge is 2.41. The molecule has 1 aliphatic rings. The number of carbonyl (C=O) groups is 1. The van der Waals surface area contributed by atoms with E-state index in [-0.39, 0.29) is 5.91 Å². The first-order valence-electron chi connectivity index (χ1n) is 4.69. The lowest BCUT2D eigenvalue weighted by atomic mass is 10.0. The van der Waals surface area contributed by atoms with Crippen molar-refractivity contribution in [2.24, 2.45) is 4.99 Å². The number of nitrogens with zero attached hydrogens (tertiary/aromatic N) is 1. The highest BCUT2D eigenvalue weighted by molar-refractivity contribution is 8.03. The van der Waals surface area contributed by atoms with Crippen molar-refractivity contribution in [1.29, 1.82) is 0 Å². The van der Waals surface area contributed by atoms with Crippen LogP contribution in [0, 0.1) is 0 Å². The van der Waals surface area contributed by atoms with Gasteiger partial charge in [-0.1, -0.05) is 11.8 Å². The Hall–Kier alpha value is -0.830. The molecule has 1 atom stereocenters. The average Bonchev–Trinajstić information content (AvgIpc) is 2.72. The predicted molar refractivity (Wildman–Crippen MR) is 65.0 cm³/mol. The maximum Gasteiger partial charge on any atom is 0.270 e. The molecule has 4 heteroatoms. The molecule has 15 heavy (non-hydrogen) atoms. The Morgan fingerprint density at radius 1 is 1.73 bits per heavy atom. The maximum atomic E-state index is 11.8. The van der Waals surface area contributed by atoms with E-state index < -0.39 is 4.75 Å². The van der Waals surface area contributed by atoms with Crippen LogP contribution in [0.2, 0.25) is 0 Å². The van der Waals surface area contributed by atoms with E-state index >= 15 is 0 Å². The number of carbonyl (C=O) groups excluding carboxylic acids is 1. The molecule has 0 saturated heterocycles. The van der Waals surface area contributed by atoms with Crippen LogP contribution in [0.15, 0.2) is 26.7 Å². The van der Waals surface area contributed by atoms with E-state index in [2.05, 4.69) is 22.3 Å². The molecule has 0 aromatic carbocycles.